The lowest BCUT2D eigenvalue weighted by atomic mass is 10.0. The van der Waals surface area contributed by atoms with Gasteiger partial charge in [0.25, 0.3) is 0 Å². The van der Waals surface area contributed by atoms with Crippen LogP contribution in [0.25, 0.3) is 22.8 Å². The first-order valence-electron chi connectivity index (χ1n) is 10.3. The lowest BCUT2D eigenvalue weighted by Crippen LogP contribution is -2.35. The Kier molecular flexibility index (Phi) is 5.15. The Balaban J connectivity index is 1.47. The van der Waals surface area contributed by atoms with E-state index in [4.69, 9.17) is 16.1 Å². The van der Waals surface area contributed by atoms with Crippen molar-refractivity contribution in [2.75, 3.05) is 11.4 Å². The molecular weight excluding hydrogens is 414 g/mol. The van der Waals surface area contributed by atoms with E-state index in [0.29, 0.717) is 16.7 Å². The molecule has 1 aromatic carbocycles. The average Bonchev–Trinajstić information content (AvgIpc) is 3.41. The summed E-state index contributed by atoms with van der Waals surface area (Å²) >= 11 is 6.12. The SMILES string of the molecule is Cc1cc(-c2nnc(N3CCCCC3c3nc(-c4cccc(Cl)c4)no3)n2C)ccn1. The van der Waals surface area contributed by atoms with Crippen LogP contribution in [0.4, 0.5) is 5.95 Å². The van der Waals surface area contributed by atoms with E-state index in [1.165, 1.54) is 0 Å². The van der Waals surface area contributed by atoms with E-state index in [9.17, 15) is 0 Å². The predicted octanol–water partition coefficient (Wildman–Crippen LogP) is 4.62. The van der Waals surface area contributed by atoms with Gasteiger partial charge in [0, 0.05) is 41.6 Å². The van der Waals surface area contributed by atoms with Crippen LogP contribution in [0, 0.1) is 6.92 Å². The molecule has 9 heteroatoms. The van der Waals surface area contributed by atoms with E-state index in [1.807, 2.05) is 54.9 Å². The van der Waals surface area contributed by atoms with Crippen molar-refractivity contribution in [2.24, 2.45) is 7.05 Å². The fourth-order valence-electron chi connectivity index (χ4n) is 4.05. The summed E-state index contributed by atoms with van der Waals surface area (Å²) in [6, 6.07) is 11.4. The fourth-order valence-corrected chi connectivity index (χ4v) is 4.24. The molecule has 1 saturated heterocycles. The molecule has 1 aliphatic rings. The second-order valence-corrected chi connectivity index (χ2v) is 8.18. The number of benzene rings is 1. The molecule has 8 nitrogen and oxygen atoms in total. The van der Waals surface area contributed by atoms with Crippen molar-refractivity contribution in [1.29, 1.82) is 0 Å². The van der Waals surface area contributed by atoms with Crippen LogP contribution in [0.5, 0.6) is 0 Å². The van der Waals surface area contributed by atoms with E-state index in [-0.39, 0.29) is 6.04 Å². The average molecular weight is 436 g/mol. The number of piperidine rings is 1. The number of halogens is 1. The number of hydrogen-bond donors (Lipinski definition) is 0. The standard InChI is InChI=1S/C22H22ClN7O/c1-14-12-16(9-10-24-14)20-26-27-22(29(20)2)30-11-4-3-8-18(30)21-25-19(28-31-21)15-6-5-7-17(23)13-15/h5-7,9-10,12-13,18H,3-4,8,11H2,1-2H3. The Bertz CT molecular complexity index is 1220. The topological polar surface area (TPSA) is 85.8 Å². The van der Waals surface area contributed by atoms with Gasteiger partial charge in [-0.15, -0.1) is 10.2 Å². The summed E-state index contributed by atoms with van der Waals surface area (Å²) in [5.41, 5.74) is 2.76. The normalized spacial score (nSPS) is 16.6. The first-order valence-corrected chi connectivity index (χ1v) is 10.7. The van der Waals surface area contributed by atoms with Crippen LogP contribution >= 0.6 is 11.6 Å². The van der Waals surface area contributed by atoms with Gasteiger partial charge in [0.2, 0.25) is 17.7 Å². The summed E-state index contributed by atoms with van der Waals surface area (Å²) in [6.07, 6.45) is 4.86. The molecule has 158 valence electrons. The van der Waals surface area contributed by atoms with Crippen LogP contribution in [-0.2, 0) is 7.05 Å². The molecule has 1 atom stereocenters. The van der Waals surface area contributed by atoms with Crippen LogP contribution < -0.4 is 4.90 Å². The van der Waals surface area contributed by atoms with Crippen molar-refractivity contribution in [3.05, 3.63) is 59.2 Å². The summed E-state index contributed by atoms with van der Waals surface area (Å²) < 4.78 is 7.70. The molecule has 4 aromatic rings. The van der Waals surface area contributed by atoms with Gasteiger partial charge in [0.1, 0.15) is 6.04 Å². The van der Waals surface area contributed by atoms with Crippen LogP contribution in [0.1, 0.15) is 36.9 Å². The number of hydrogen-bond acceptors (Lipinski definition) is 7. The monoisotopic (exact) mass is 435 g/mol. The third-order valence-corrected chi connectivity index (χ3v) is 5.81. The number of aryl methyl sites for hydroxylation is 1. The molecule has 1 fully saturated rings. The quantitative estimate of drug-likeness (QED) is 0.462. The van der Waals surface area contributed by atoms with E-state index < -0.39 is 0 Å². The zero-order chi connectivity index (χ0) is 21.4. The zero-order valence-electron chi connectivity index (χ0n) is 17.4. The highest BCUT2D eigenvalue weighted by molar-refractivity contribution is 6.30. The maximum absolute atomic E-state index is 6.12. The number of aromatic nitrogens is 6. The van der Waals surface area contributed by atoms with Crippen molar-refractivity contribution in [3.8, 4) is 22.8 Å². The predicted molar refractivity (Wildman–Crippen MR) is 118 cm³/mol. The minimum absolute atomic E-state index is 0.0517. The molecule has 0 amide bonds. The van der Waals surface area contributed by atoms with Crippen molar-refractivity contribution in [2.45, 2.75) is 32.2 Å². The molecular formula is C22H22ClN7O. The molecule has 3 aromatic heterocycles. The molecule has 1 unspecified atom stereocenters. The Hall–Kier alpha value is -3.26. The van der Waals surface area contributed by atoms with Gasteiger partial charge in [0.15, 0.2) is 5.82 Å². The first kappa shape index (κ1) is 19.7. The molecule has 5 rings (SSSR count). The van der Waals surface area contributed by atoms with Crippen molar-refractivity contribution >= 4 is 17.5 Å². The summed E-state index contributed by atoms with van der Waals surface area (Å²) in [7, 11) is 1.98. The number of anilines is 1. The molecule has 31 heavy (non-hydrogen) atoms. The largest absolute Gasteiger partial charge is 0.337 e. The maximum Gasteiger partial charge on any atom is 0.249 e. The van der Waals surface area contributed by atoms with Gasteiger partial charge < -0.3 is 9.42 Å². The molecule has 0 saturated carbocycles. The van der Waals surface area contributed by atoms with Crippen LogP contribution in [0.2, 0.25) is 5.02 Å². The molecule has 0 bridgehead atoms. The fraction of sp³-hybridized carbons (Fsp3) is 0.318. The summed E-state index contributed by atoms with van der Waals surface area (Å²) in [4.78, 5) is 11.2. The second kappa shape index (κ2) is 8.11. The number of pyridine rings is 1. The highest BCUT2D eigenvalue weighted by Gasteiger charge is 2.32. The Morgan fingerprint density at radius 2 is 2.00 bits per heavy atom. The Labute approximate surface area is 184 Å². The minimum atomic E-state index is -0.0517. The van der Waals surface area contributed by atoms with Crippen molar-refractivity contribution in [3.63, 3.8) is 0 Å². The summed E-state index contributed by atoms with van der Waals surface area (Å²) in [5, 5.41) is 13.8. The van der Waals surface area contributed by atoms with Crippen LogP contribution in [-0.4, -0.2) is 36.4 Å². The lowest BCUT2D eigenvalue weighted by Gasteiger charge is -2.33. The van der Waals surface area contributed by atoms with Gasteiger partial charge in [-0.1, -0.05) is 28.9 Å². The Morgan fingerprint density at radius 1 is 1.10 bits per heavy atom. The summed E-state index contributed by atoms with van der Waals surface area (Å²) in [5.74, 6) is 2.71. The lowest BCUT2D eigenvalue weighted by molar-refractivity contribution is 0.320. The minimum Gasteiger partial charge on any atom is -0.337 e. The molecule has 0 spiro atoms. The second-order valence-electron chi connectivity index (χ2n) is 7.74. The van der Waals surface area contributed by atoms with Crippen molar-refractivity contribution < 1.29 is 4.52 Å². The molecule has 0 radical (unpaired) electrons. The van der Waals surface area contributed by atoms with E-state index >= 15 is 0 Å². The number of nitrogens with zero attached hydrogens (tertiary/aromatic N) is 7. The van der Waals surface area contributed by atoms with Gasteiger partial charge in [-0.25, -0.2) is 0 Å². The van der Waals surface area contributed by atoms with Gasteiger partial charge in [-0.2, -0.15) is 4.98 Å². The third-order valence-electron chi connectivity index (χ3n) is 5.58. The highest BCUT2D eigenvalue weighted by Crippen LogP contribution is 2.35. The molecule has 0 N–H and O–H groups in total. The van der Waals surface area contributed by atoms with Gasteiger partial charge in [0.05, 0.1) is 0 Å². The van der Waals surface area contributed by atoms with Crippen LogP contribution in [0.15, 0.2) is 47.1 Å². The highest BCUT2D eigenvalue weighted by atomic mass is 35.5. The van der Waals surface area contributed by atoms with Gasteiger partial charge in [-0.3, -0.25) is 9.55 Å². The van der Waals surface area contributed by atoms with Crippen molar-refractivity contribution in [1.82, 2.24) is 29.9 Å². The molecule has 1 aliphatic heterocycles. The smallest absolute Gasteiger partial charge is 0.249 e. The third kappa shape index (κ3) is 3.79. The Morgan fingerprint density at radius 3 is 2.84 bits per heavy atom. The van der Waals surface area contributed by atoms with E-state index in [0.717, 1.165) is 54.4 Å². The maximum atomic E-state index is 6.12. The summed E-state index contributed by atoms with van der Waals surface area (Å²) in [6.45, 7) is 2.81. The van der Waals surface area contributed by atoms with E-state index in [1.54, 1.807) is 6.20 Å². The molecule has 0 aliphatic carbocycles. The van der Waals surface area contributed by atoms with E-state index in [2.05, 4.69) is 30.2 Å². The van der Waals surface area contributed by atoms with Gasteiger partial charge in [-0.05, 0) is 50.5 Å². The van der Waals surface area contributed by atoms with Crippen LogP contribution in [0.3, 0.4) is 0 Å². The molecule has 4 heterocycles. The van der Waals surface area contributed by atoms with Gasteiger partial charge >= 0.3 is 0 Å². The first-order chi connectivity index (χ1) is 15.1. The zero-order valence-corrected chi connectivity index (χ0v) is 18.1. The number of rotatable bonds is 4.